The number of carbonyl (C=O) groups excluding carboxylic acids is 2. The molecular weight excluding hydrogens is 462 g/mol. The standard InChI is InChI=1S/C31H35N3O3/c1-3-15-32-31(36)34-16-14-26-25(22-10-7-11-24(17-22)37-2)13-12-23(29(26)20-34)19-33-30(35)28-18-27(28)21-8-5-4-6-9-21/h4-13,17,27-28H,3,14-16,18-20H2,1-2H3,(H,32,36)(H,33,35). The third kappa shape index (κ3) is 5.48. The van der Waals surface area contributed by atoms with Crippen LogP contribution in [0.4, 0.5) is 4.79 Å². The number of fused-ring (bicyclic) bond motifs is 1. The highest BCUT2D eigenvalue weighted by atomic mass is 16.5. The van der Waals surface area contributed by atoms with Gasteiger partial charge in [0.2, 0.25) is 5.91 Å². The van der Waals surface area contributed by atoms with Crippen LogP contribution in [0.25, 0.3) is 11.1 Å². The molecule has 3 aromatic rings. The van der Waals surface area contributed by atoms with Gasteiger partial charge in [-0.05, 0) is 70.7 Å². The summed E-state index contributed by atoms with van der Waals surface area (Å²) in [6.45, 7) is 4.37. The van der Waals surface area contributed by atoms with Gasteiger partial charge in [0.1, 0.15) is 5.75 Å². The van der Waals surface area contributed by atoms with E-state index >= 15 is 0 Å². The van der Waals surface area contributed by atoms with Crippen LogP contribution in [0, 0.1) is 5.92 Å². The Balaban J connectivity index is 1.37. The molecule has 6 nitrogen and oxygen atoms in total. The molecule has 5 rings (SSSR count). The molecule has 3 aromatic carbocycles. The molecule has 0 bridgehead atoms. The van der Waals surface area contributed by atoms with Gasteiger partial charge in [-0.2, -0.15) is 0 Å². The van der Waals surface area contributed by atoms with E-state index in [4.69, 9.17) is 4.74 Å². The summed E-state index contributed by atoms with van der Waals surface area (Å²) in [5.41, 5.74) is 6.93. The zero-order chi connectivity index (χ0) is 25.8. The lowest BCUT2D eigenvalue weighted by Crippen LogP contribution is -2.43. The van der Waals surface area contributed by atoms with Crippen LogP contribution >= 0.6 is 0 Å². The molecular formula is C31H35N3O3. The summed E-state index contributed by atoms with van der Waals surface area (Å²) < 4.78 is 5.46. The van der Waals surface area contributed by atoms with Crippen LogP contribution in [0.1, 0.15) is 47.9 Å². The number of nitrogens with one attached hydrogen (secondary N) is 2. The fourth-order valence-corrected chi connectivity index (χ4v) is 5.35. The molecule has 1 heterocycles. The molecule has 3 amide bonds. The number of nitrogens with zero attached hydrogens (tertiary/aromatic N) is 1. The lowest BCUT2D eigenvalue weighted by molar-refractivity contribution is -0.122. The fourth-order valence-electron chi connectivity index (χ4n) is 5.35. The van der Waals surface area contributed by atoms with Gasteiger partial charge in [-0.15, -0.1) is 0 Å². The van der Waals surface area contributed by atoms with Crippen LogP contribution in [-0.4, -0.2) is 37.0 Å². The van der Waals surface area contributed by atoms with Gasteiger partial charge in [-0.25, -0.2) is 4.79 Å². The monoisotopic (exact) mass is 497 g/mol. The van der Waals surface area contributed by atoms with E-state index in [0.717, 1.165) is 47.3 Å². The number of rotatable bonds is 8. The molecule has 0 saturated heterocycles. The summed E-state index contributed by atoms with van der Waals surface area (Å²) in [4.78, 5) is 27.6. The molecule has 0 spiro atoms. The summed E-state index contributed by atoms with van der Waals surface area (Å²) in [7, 11) is 1.68. The van der Waals surface area contributed by atoms with Crippen LogP contribution in [0.15, 0.2) is 66.7 Å². The molecule has 0 aromatic heterocycles. The van der Waals surface area contributed by atoms with E-state index in [2.05, 4.69) is 47.9 Å². The molecule has 6 heteroatoms. The minimum absolute atomic E-state index is 0.0297. The Morgan fingerprint density at radius 3 is 2.62 bits per heavy atom. The molecule has 2 unspecified atom stereocenters. The minimum atomic E-state index is -0.0297. The van der Waals surface area contributed by atoms with Gasteiger partial charge in [0.05, 0.1) is 7.11 Å². The van der Waals surface area contributed by atoms with E-state index < -0.39 is 0 Å². The van der Waals surface area contributed by atoms with E-state index in [-0.39, 0.29) is 17.9 Å². The predicted octanol–water partition coefficient (Wildman–Crippen LogP) is 5.26. The van der Waals surface area contributed by atoms with Crippen molar-refractivity contribution < 1.29 is 14.3 Å². The first-order valence-electron chi connectivity index (χ1n) is 13.2. The highest BCUT2D eigenvalue weighted by Gasteiger charge is 2.43. The van der Waals surface area contributed by atoms with Gasteiger partial charge in [-0.1, -0.05) is 61.5 Å². The summed E-state index contributed by atoms with van der Waals surface area (Å²) in [6.07, 6.45) is 2.56. The first-order valence-corrected chi connectivity index (χ1v) is 13.2. The highest BCUT2D eigenvalue weighted by molar-refractivity contribution is 5.83. The van der Waals surface area contributed by atoms with Crippen molar-refractivity contribution in [3.05, 3.63) is 89.0 Å². The number of urea groups is 1. The van der Waals surface area contributed by atoms with Gasteiger partial charge in [0.15, 0.2) is 0 Å². The Morgan fingerprint density at radius 1 is 1.00 bits per heavy atom. The third-order valence-electron chi connectivity index (χ3n) is 7.51. The molecule has 192 valence electrons. The van der Waals surface area contributed by atoms with Crippen LogP contribution in [0.3, 0.4) is 0 Å². The zero-order valence-corrected chi connectivity index (χ0v) is 21.6. The number of amides is 3. The quantitative estimate of drug-likeness (QED) is 0.446. The van der Waals surface area contributed by atoms with Gasteiger partial charge >= 0.3 is 6.03 Å². The first-order chi connectivity index (χ1) is 18.1. The normalized spacial score (nSPS) is 18.1. The van der Waals surface area contributed by atoms with Gasteiger partial charge in [0, 0.05) is 32.1 Å². The first kappa shape index (κ1) is 24.9. The van der Waals surface area contributed by atoms with Crippen molar-refractivity contribution in [2.45, 2.75) is 45.2 Å². The topological polar surface area (TPSA) is 70.7 Å². The molecule has 2 atom stereocenters. The molecule has 1 fully saturated rings. The van der Waals surface area contributed by atoms with Crippen LogP contribution in [-0.2, 0) is 24.3 Å². The molecule has 2 N–H and O–H groups in total. The largest absolute Gasteiger partial charge is 0.497 e. The fraction of sp³-hybridized carbons (Fsp3) is 0.355. The van der Waals surface area contributed by atoms with E-state index in [1.807, 2.05) is 41.3 Å². The van der Waals surface area contributed by atoms with Crippen molar-refractivity contribution in [3.63, 3.8) is 0 Å². The van der Waals surface area contributed by atoms with Gasteiger partial charge < -0.3 is 20.3 Å². The SMILES string of the molecule is CCCNC(=O)N1CCc2c(-c3cccc(OC)c3)ccc(CNC(=O)C3CC3c3ccccc3)c2C1. The third-order valence-corrected chi connectivity index (χ3v) is 7.51. The van der Waals surface area contributed by atoms with Crippen LogP contribution < -0.4 is 15.4 Å². The Labute approximate surface area is 219 Å². The van der Waals surface area contributed by atoms with Crippen molar-refractivity contribution in [1.82, 2.24) is 15.5 Å². The maximum Gasteiger partial charge on any atom is 0.317 e. The number of hydrogen-bond acceptors (Lipinski definition) is 3. The molecule has 0 radical (unpaired) electrons. The second kappa shape index (κ2) is 11.1. The summed E-state index contributed by atoms with van der Waals surface area (Å²) in [6, 6.07) is 22.6. The average molecular weight is 498 g/mol. The average Bonchev–Trinajstić information content (AvgIpc) is 3.76. The maximum atomic E-state index is 13.0. The highest BCUT2D eigenvalue weighted by Crippen LogP contribution is 2.47. The number of hydrogen-bond donors (Lipinski definition) is 2. The van der Waals surface area contributed by atoms with E-state index in [9.17, 15) is 9.59 Å². The summed E-state index contributed by atoms with van der Waals surface area (Å²) in [5.74, 6) is 1.26. The zero-order valence-electron chi connectivity index (χ0n) is 21.6. The summed E-state index contributed by atoms with van der Waals surface area (Å²) in [5, 5.41) is 6.20. The molecule has 1 aliphatic carbocycles. The van der Waals surface area contributed by atoms with Crippen molar-refractivity contribution in [2.75, 3.05) is 20.2 Å². The second-order valence-corrected chi connectivity index (χ2v) is 9.94. The van der Waals surface area contributed by atoms with Crippen LogP contribution in [0.2, 0.25) is 0 Å². The van der Waals surface area contributed by atoms with Crippen molar-refractivity contribution in [3.8, 4) is 16.9 Å². The van der Waals surface area contributed by atoms with Crippen molar-refractivity contribution in [1.29, 1.82) is 0 Å². The lowest BCUT2D eigenvalue weighted by atomic mass is 9.87. The van der Waals surface area contributed by atoms with Gasteiger partial charge in [-0.3, -0.25) is 4.79 Å². The van der Waals surface area contributed by atoms with E-state index in [0.29, 0.717) is 32.1 Å². The Bertz CT molecular complexity index is 1270. The number of benzene rings is 3. The maximum absolute atomic E-state index is 13.0. The van der Waals surface area contributed by atoms with Crippen molar-refractivity contribution in [2.24, 2.45) is 5.92 Å². The lowest BCUT2D eigenvalue weighted by Gasteiger charge is -2.32. The predicted molar refractivity (Wildman–Crippen MR) is 145 cm³/mol. The number of ether oxygens (including phenoxy) is 1. The molecule has 2 aliphatic rings. The van der Waals surface area contributed by atoms with Crippen LogP contribution in [0.5, 0.6) is 5.75 Å². The van der Waals surface area contributed by atoms with Gasteiger partial charge in [0.25, 0.3) is 0 Å². The number of carbonyl (C=O) groups is 2. The molecule has 1 aliphatic heterocycles. The van der Waals surface area contributed by atoms with E-state index in [1.54, 1.807) is 7.11 Å². The van der Waals surface area contributed by atoms with Crippen molar-refractivity contribution >= 4 is 11.9 Å². The Kier molecular flexibility index (Phi) is 7.45. The molecule has 1 saturated carbocycles. The minimum Gasteiger partial charge on any atom is -0.497 e. The smallest absolute Gasteiger partial charge is 0.317 e. The molecule has 37 heavy (non-hydrogen) atoms. The number of methoxy groups -OCH3 is 1. The Hall–Kier alpha value is -3.80. The van der Waals surface area contributed by atoms with E-state index in [1.165, 1.54) is 11.1 Å². The second-order valence-electron chi connectivity index (χ2n) is 9.94. The summed E-state index contributed by atoms with van der Waals surface area (Å²) >= 11 is 0. The Morgan fingerprint density at radius 2 is 1.84 bits per heavy atom.